The summed E-state index contributed by atoms with van der Waals surface area (Å²) in [4.78, 5) is 30.1. The van der Waals surface area contributed by atoms with Crippen LogP contribution in [0.3, 0.4) is 0 Å². The molecule has 2 amide bonds. The third-order valence-corrected chi connectivity index (χ3v) is 9.46. The number of aryl methyl sites for hydroxylation is 1. The third-order valence-electron chi connectivity index (χ3n) is 7.32. The lowest BCUT2D eigenvalue weighted by molar-refractivity contribution is -0.140. The van der Waals surface area contributed by atoms with Crippen molar-refractivity contribution in [3.05, 3.63) is 131 Å². The average molecular weight is 646 g/mol. The fraction of sp³-hybridized carbons (Fsp3) is 0.278. The van der Waals surface area contributed by atoms with Crippen molar-refractivity contribution in [2.24, 2.45) is 0 Å². The van der Waals surface area contributed by atoms with E-state index in [1.807, 2.05) is 76.2 Å². The lowest BCUT2D eigenvalue weighted by Crippen LogP contribution is -2.56. The first-order valence-electron chi connectivity index (χ1n) is 14.9. The Hall–Kier alpha value is -4.14. The Morgan fingerprint density at radius 1 is 0.800 bits per heavy atom. The molecule has 45 heavy (non-hydrogen) atoms. The van der Waals surface area contributed by atoms with Gasteiger partial charge in [-0.3, -0.25) is 13.9 Å². The number of hydrogen-bond acceptors (Lipinski definition) is 4. The molecule has 1 N–H and O–H groups in total. The Morgan fingerprint density at radius 3 is 1.96 bits per heavy atom. The van der Waals surface area contributed by atoms with Gasteiger partial charge in [0.2, 0.25) is 11.8 Å². The first kappa shape index (κ1) is 33.7. The molecule has 4 rings (SSSR count). The number of nitrogens with zero attached hydrogens (tertiary/aromatic N) is 2. The normalized spacial score (nSPS) is 12.3. The maximum Gasteiger partial charge on any atom is 0.264 e. The quantitative estimate of drug-likeness (QED) is 0.187. The number of carbonyl (C=O) groups is 2. The minimum Gasteiger partial charge on any atom is -0.350 e. The largest absolute Gasteiger partial charge is 0.350 e. The minimum atomic E-state index is -4.17. The second-order valence-corrected chi connectivity index (χ2v) is 14.1. The highest BCUT2D eigenvalue weighted by atomic mass is 35.5. The third kappa shape index (κ3) is 8.74. The monoisotopic (exact) mass is 645 g/mol. The number of carbonyl (C=O) groups excluding carboxylic acids is 2. The summed E-state index contributed by atoms with van der Waals surface area (Å²) < 4.78 is 29.6. The van der Waals surface area contributed by atoms with Gasteiger partial charge >= 0.3 is 0 Å². The summed E-state index contributed by atoms with van der Waals surface area (Å²) in [6, 6.07) is 30.8. The van der Waals surface area contributed by atoms with Crippen LogP contribution in [0.2, 0.25) is 5.02 Å². The second kappa shape index (κ2) is 14.8. The van der Waals surface area contributed by atoms with Gasteiger partial charge in [0, 0.05) is 23.5 Å². The van der Waals surface area contributed by atoms with Gasteiger partial charge in [-0.25, -0.2) is 8.42 Å². The van der Waals surface area contributed by atoms with E-state index in [-0.39, 0.29) is 23.8 Å². The molecule has 0 spiro atoms. The van der Waals surface area contributed by atoms with Crippen LogP contribution in [-0.4, -0.2) is 43.3 Å². The van der Waals surface area contributed by atoms with Crippen LogP contribution >= 0.6 is 11.6 Å². The lowest BCUT2D eigenvalue weighted by Gasteiger charge is -2.35. The summed E-state index contributed by atoms with van der Waals surface area (Å²) in [7, 11) is -4.17. The molecule has 0 radical (unpaired) electrons. The second-order valence-electron chi connectivity index (χ2n) is 11.9. The predicted molar refractivity (Wildman–Crippen MR) is 181 cm³/mol. The van der Waals surface area contributed by atoms with E-state index in [1.54, 1.807) is 48.5 Å². The van der Waals surface area contributed by atoms with Crippen molar-refractivity contribution in [1.29, 1.82) is 0 Å². The van der Waals surface area contributed by atoms with Gasteiger partial charge in [0.25, 0.3) is 10.0 Å². The number of hydrogen-bond donors (Lipinski definition) is 1. The van der Waals surface area contributed by atoms with Gasteiger partial charge < -0.3 is 10.2 Å². The summed E-state index contributed by atoms with van der Waals surface area (Å²) in [6.45, 7) is 7.04. The molecule has 236 valence electrons. The van der Waals surface area contributed by atoms with E-state index in [4.69, 9.17) is 11.6 Å². The molecule has 0 unspecified atom stereocenters. The van der Waals surface area contributed by atoms with Crippen LogP contribution in [0.15, 0.2) is 114 Å². The van der Waals surface area contributed by atoms with Gasteiger partial charge in [0.15, 0.2) is 0 Å². The molecule has 0 saturated heterocycles. The van der Waals surface area contributed by atoms with E-state index in [9.17, 15) is 18.0 Å². The number of sulfonamides is 1. The highest BCUT2D eigenvalue weighted by molar-refractivity contribution is 7.92. The highest BCUT2D eigenvalue weighted by Gasteiger charge is 2.36. The van der Waals surface area contributed by atoms with Crippen molar-refractivity contribution in [2.75, 3.05) is 10.8 Å². The molecule has 0 aliphatic carbocycles. The highest BCUT2D eigenvalue weighted by Crippen LogP contribution is 2.29. The Balaban J connectivity index is 1.85. The Labute approximate surface area is 271 Å². The average Bonchev–Trinajstić information content (AvgIpc) is 3.02. The Morgan fingerprint density at radius 2 is 1.36 bits per heavy atom. The summed E-state index contributed by atoms with van der Waals surface area (Å²) >= 11 is 6.57. The van der Waals surface area contributed by atoms with Crippen LogP contribution in [0.1, 0.15) is 44.4 Å². The van der Waals surface area contributed by atoms with Gasteiger partial charge in [-0.2, -0.15) is 0 Å². The van der Waals surface area contributed by atoms with E-state index < -0.39 is 34.1 Å². The molecule has 0 aromatic heterocycles. The van der Waals surface area contributed by atoms with E-state index in [0.29, 0.717) is 22.7 Å². The van der Waals surface area contributed by atoms with Gasteiger partial charge in [-0.1, -0.05) is 103 Å². The molecule has 7 nitrogen and oxygen atoms in total. The van der Waals surface area contributed by atoms with Crippen LogP contribution in [0.4, 0.5) is 5.69 Å². The molecule has 0 bridgehead atoms. The van der Waals surface area contributed by atoms with Crippen LogP contribution < -0.4 is 9.62 Å². The molecule has 0 aliphatic rings. The van der Waals surface area contributed by atoms with Crippen LogP contribution in [0, 0.1) is 0 Å². The summed E-state index contributed by atoms with van der Waals surface area (Å²) in [5, 5.41) is 3.48. The lowest BCUT2D eigenvalue weighted by atomic mass is 10.0. The van der Waals surface area contributed by atoms with Crippen molar-refractivity contribution in [3.63, 3.8) is 0 Å². The molecule has 9 heteroatoms. The van der Waals surface area contributed by atoms with Crippen molar-refractivity contribution < 1.29 is 18.0 Å². The molecule has 0 saturated carbocycles. The van der Waals surface area contributed by atoms with Crippen molar-refractivity contribution in [1.82, 2.24) is 10.2 Å². The Kier molecular flexibility index (Phi) is 11.1. The number of benzene rings is 4. The zero-order valence-corrected chi connectivity index (χ0v) is 27.7. The van der Waals surface area contributed by atoms with Crippen molar-refractivity contribution in [2.45, 2.75) is 63.6 Å². The van der Waals surface area contributed by atoms with E-state index >= 15 is 0 Å². The molecule has 0 aliphatic heterocycles. The van der Waals surface area contributed by atoms with E-state index in [2.05, 4.69) is 5.32 Å². The standard InChI is InChI=1S/C36H40ClN3O4S/c1-5-28-18-13-15-23-32(28)40(45(43,44)30-20-10-7-11-21-30)26-34(41)39(25-29-19-12-14-22-31(29)37)33(35(42)38-36(2,3)4)24-27-16-8-6-9-17-27/h6-23,33H,5,24-26H2,1-4H3,(H,38,42)/t33-/m1/s1. The first-order chi connectivity index (χ1) is 21.4. The number of rotatable bonds is 12. The summed E-state index contributed by atoms with van der Waals surface area (Å²) in [5.74, 6) is -0.886. The smallest absolute Gasteiger partial charge is 0.264 e. The maximum atomic E-state index is 14.6. The first-order valence-corrected chi connectivity index (χ1v) is 16.8. The van der Waals surface area contributed by atoms with Crippen LogP contribution in [0.25, 0.3) is 0 Å². The van der Waals surface area contributed by atoms with Crippen LogP contribution in [0.5, 0.6) is 0 Å². The summed E-state index contributed by atoms with van der Waals surface area (Å²) in [6.07, 6.45) is 0.773. The van der Waals surface area contributed by atoms with Crippen LogP contribution in [-0.2, 0) is 39.0 Å². The number of anilines is 1. The van der Waals surface area contributed by atoms with E-state index in [0.717, 1.165) is 15.4 Å². The number of amides is 2. The fourth-order valence-corrected chi connectivity index (χ4v) is 6.77. The number of para-hydroxylation sites is 1. The molecule has 4 aromatic carbocycles. The molecule has 0 fully saturated rings. The fourth-order valence-electron chi connectivity index (χ4n) is 5.10. The molecule has 4 aromatic rings. The number of nitrogens with one attached hydrogen (secondary N) is 1. The van der Waals surface area contributed by atoms with Gasteiger partial charge in [0.05, 0.1) is 10.6 Å². The van der Waals surface area contributed by atoms with E-state index in [1.165, 1.54) is 17.0 Å². The SMILES string of the molecule is CCc1ccccc1N(CC(=O)N(Cc1ccccc1Cl)[C@H](Cc1ccccc1)C(=O)NC(C)(C)C)S(=O)(=O)c1ccccc1. The summed E-state index contributed by atoms with van der Waals surface area (Å²) in [5.41, 5.74) is 2.10. The van der Waals surface area contributed by atoms with Gasteiger partial charge in [0.1, 0.15) is 12.6 Å². The zero-order valence-electron chi connectivity index (χ0n) is 26.1. The maximum absolute atomic E-state index is 14.6. The zero-order chi connectivity index (χ0) is 32.6. The number of halogens is 1. The van der Waals surface area contributed by atoms with Gasteiger partial charge in [-0.15, -0.1) is 0 Å². The molecule has 0 heterocycles. The minimum absolute atomic E-state index is 0.00220. The Bertz CT molecular complexity index is 1710. The molecular formula is C36H40ClN3O4S. The van der Waals surface area contributed by atoms with Crippen molar-refractivity contribution >= 4 is 39.1 Å². The predicted octanol–water partition coefficient (Wildman–Crippen LogP) is 6.65. The van der Waals surface area contributed by atoms with Crippen molar-refractivity contribution in [3.8, 4) is 0 Å². The van der Waals surface area contributed by atoms with Gasteiger partial charge in [-0.05, 0) is 68.1 Å². The topological polar surface area (TPSA) is 86.8 Å². The molecular weight excluding hydrogens is 606 g/mol. The molecule has 1 atom stereocenters.